The predicted octanol–water partition coefficient (Wildman–Crippen LogP) is 0.186. The van der Waals surface area contributed by atoms with Crippen molar-refractivity contribution in [1.82, 2.24) is 4.90 Å². The van der Waals surface area contributed by atoms with Gasteiger partial charge in [-0.15, -0.1) is 0 Å². The first-order chi connectivity index (χ1) is 4.63. The minimum Gasteiger partial charge on any atom is -0.411 e. The van der Waals surface area contributed by atoms with Gasteiger partial charge in [0.15, 0.2) is 5.84 Å². The van der Waals surface area contributed by atoms with Crippen LogP contribution in [0, 0.1) is 0 Å². The Morgan fingerprint density at radius 3 is 1.80 bits per heavy atom. The average molecular weight is 145 g/mol. The van der Waals surface area contributed by atoms with E-state index in [2.05, 4.69) is 10.3 Å². The summed E-state index contributed by atoms with van der Waals surface area (Å²) in [6, 6.07) is 0. The van der Waals surface area contributed by atoms with Gasteiger partial charge < -0.3 is 15.3 Å². The van der Waals surface area contributed by atoms with Gasteiger partial charge in [0.05, 0.1) is 0 Å². The molecule has 0 amide bonds. The second-order valence-electron chi connectivity index (χ2n) is 2.00. The number of hydrogen-bond donors (Lipinski definition) is 2. The van der Waals surface area contributed by atoms with Crippen LogP contribution in [0.25, 0.3) is 0 Å². The summed E-state index contributed by atoms with van der Waals surface area (Å²) in [5.41, 5.74) is 0.271. The lowest BCUT2D eigenvalue weighted by Crippen LogP contribution is -2.28. The van der Waals surface area contributed by atoms with Crippen LogP contribution in [0.5, 0.6) is 0 Å². The van der Waals surface area contributed by atoms with E-state index >= 15 is 0 Å². The molecule has 0 rings (SSSR count). The highest BCUT2D eigenvalue weighted by Gasteiger charge is 2.05. The zero-order valence-corrected chi connectivity index (χ0v) is 6.24. The van der Waals surface area contributed by atoms with E-state index in [0.717, 1.165) is 0 Å². The van der Waals surface area contributed by atoms with Gasteiger partial charge in [-0.2, -0.15) is 0 Å². The molecule has 0 saturated carbocycles. The van der Waals surface area contributed by atoms with Crippen molar-refractivity contribution in [3.63, 3.8) is 0 Å². The highest BCUT2D eigenvalue weighted by Crippen LogP contribution is 1.86. The van der Waals surface area contributed by atoms with E-state index < -0.39 is 0 Å². The van der Waals surface area contributed by atoms with Crippen LogP contribution in [0.3, 0.4) is 0 Å². The van der Waals surface area contributed by atoms with Crippen LogP contribution >= 0.6 is 0 Å². The van der Waals surface area contributed by atoms with E-state index in [9.17, 15) is 0 Å². The highest BCUT2D eigenvalue weighted by molar-refractivity contribution is 6.39. The fourth-order valence-corrected chi connectivity index (χ4v) is 0.530. The summed E-state index contributed by atoms with van der Waals surface area (Å²) in [6.07, 6.45) is 0. The molecule has 0 atom stereocenters. The molecule has 0 aliphatic carbocycles. The number of amidine groups is 1. The fraction of sp³-hybridized carbons (Fsp3) is 0.600. The SMILES string of the molecule is CC(=NO)C(=NO)N(C)C. The van der Waals surface area contributed by atoms with Crippen molar-refractivity contribution in [3.05, 3.63) is 0 Å². The summed E-state index contributed by atoms with van der Waals surface area (Å²) < 4.78 is 0. The third-order valence-electron chi connectivity index (χ3n) is 0.992. The van der Waals surface area contributed by atoms with Crippen molar-refractivity contribution >= 4 is 11.5 Å². The van der Waals surface area contributed by atoms with E-state index in [4.69, 9.17) is 10.4 Å². The van der Waals surface area contributed by atoms with Crippen LogP contribution in [0.4, 0.5) is 0 Å². The maximum Gasteiger partial charge on any atom is 0.192 e. The molecule has 0 heterocycles. The topological polar surface area (TPSA) is 68.4 Å². The lowest BCUT2D eigenvalue weighted by molar-refractivity contribution is 0.307. The first-order valence-electron chi connectivity index (χ1n) is 2.72. The molecular formula is C5H11N3O2. The second kappa shape index (κ2) is 3.71. The number of rotatable bonds is 1. The Morgan fingerprint density at radius 2 is 1.70 bits per heavy atom. The molecule has 0 bridgehead atoms. The summed E-state index contributed by atoms with van der Waals surface area (Å²) in [4.78, 5) is 1.54. The van der Waals surface area contributed by atoms with Crippen molar-refractivity contribution in [3.8, 4) is 0 Å². The van der Waals surface area contributed by atoms with Crippen LogP contribution in [0.1, 0.15) is 6.92 Å². The maximum atomic E-state index is 8.35. The highest BCUT2D eigenvalue weighted by atomic mass is 16.4. The van der Waals surface area contributed by atoms with E-state index in [1.54, 1.807) is 14.1 Å². The molecule has 0 fully saturated rings. The second-order valence-corrected chi connectivity index (χ2v) is 2.00. The Kier molecular flexibility index (Phi) is 3.24. The van der Waals surface area contributed by atoms with E-state index in [1.165, 1.54) is 11.8 Å². The van der Waals surface area contributed by atoms with Gasteiger partial charge in [-0.25, -0.2) is 0 Å². The quantitative estimate of drug-likeness (QED) is 0.239. The Balaban J connectivity index is 4.39. The lowest BCUT2D eigenvalue weighted by Gasteiger charge is -2.11. The minimum atomic E-state index is 0.238. The van der Waals surface area contributed by atoms with Gasteiger partial charge in [0.25, 0.3) is 0 Å². The molecule has 0 aromatic rings. The van der Waals surface area contributed by atoms with Crippen molar-refractivity contribution in [1.29, 1.82) is 0 Å². The van der Waals surface area contributed by atoms with E-state index in [1.807, 2.05) is 0 Å². The zero-order valence-electron chi connectivity index (χ0n) is 6.24. The normalized spacial score (nSPS) is 13.5. The van der Waals surface area contributed by atoms with Gasteiger partial charge >= 0.3 is 0 Å². The summed E-state index contributed by atoms with van der Waals surface area (Å²) in [7, 11) is 3.37. The molecule has 0 saturated heterocycles. The average Bonchev–Trinajstić information content (AvgIpc) is 1.88. The fourth-order valence-electron chi connectivity index (χ4n) is 0.530. The molecule has 0 radical (unpaired) electrons. The summed E-state index contributed by atoms with van der Waals surface area (Å²) >= 11 is 0. The first kappa shape index (κ1) is 8.74. The molecule has 0 spiro atoms. The van der Waals surface area contributed by atoms with Gasteiger partial charge in [0.2, 0.25) is 0 Å². The Labute approximate surface area is 59.2 Å². The van der Waals surface area contributed by atoms with Crippen molar-refractivity contribution in [2.45, 2.75) is 6.92 Å². The number of hydrogen-bond acceptors (Lipinski definition) is 4. The molecule has 0 aromatic heterocycles. The predicted molar refractivity (Wildman–Crippen MR) is 37.8 cm³/mol. The van der Waals surface area contributed by atoms with Crippen LogP contribution in [0.2, 0.25) is 0 Å². The smallest absolute Gasteiger partial charge is 0.192 e. The van der Waals surface area contributed by atoms with Crippen molar-refractivity contribution in [2.75, 3.05) is 14.1 Å². The summed E-state index contributed by atoms with van der Waals surface area (Å²) in [6.45, 7) is 1.54. The molecule has 58 valence electrons. The Hall–Kier alpha value is -1.26. The Morgan fingerprint density at radius 1 is 1.20 bits per heavy atom. The molecule has 0 unspecified atom stereocenters. The van der Waals surface area contributed by atoms with Gasteiger partial charge in [0, 0.05) is 14.1 Å². The first-order valence-corrected chi connectivity index (χ1v) is 2.72. The van der Waals surface area contributed by atoms with Gasteiger partial charge in [-0.05, 0) is 6.92 Å². The van der Waals surface area contributed by atoms with Crippen molar-refractivity contribution < 1.29 is 10.4 Å². The molecule has 5 heteroatoms. The summed E-state index contributed by atoms with van der Waals surface area (Å²) in [5, 5.41) is 22.4. The standard InChI is InChI=1S/C5H11N3O2/c1-4(6-9)5(7-10)8(2)3/h9-10H,1-3H3. The van der Waals surface area contributed by atoms with Crippen molar-refractivity contribution in [2.24, 2.45) is 10.3 Å². The number of oxime groups is 2. The molecule has 0 aliphatic heterocycles. The largest absolute Gasteiger partial charge is 0.411 e. The summed E-state index contributed by atoms with van der Waals surface area (Å²) in [5.74, 6) is 0.238. The lowest BCUT2D eigenvalue weighted by atomic mass is 10.4. The van der Waals surface area contributed by atoms with Gasteiger partial charge in [-0.3, -0.25) is 0 Å². The molecular weight excluding hydrogens is 134 g/mol. The molecule has 10 heavy (non-hydrogen) atoms. The third-order valence-corrected chi connectivity index (χ3v) is 0.992. The maximum absolute atomic E-state index is 8.35. The van der Waals surface area contributed by atoms with Crippen LogP contribution < -0.4 is 0 Å². The van der Waals surface area contributed by atoms with Crippen LogP contribution in [-0.4, -0.2) is 41.0 Å². The monoisotopic (exact) mass is 145 g/mol. The zero-order chi connectivity index (χ0) is 8.15. The Bertz CT molecular complexity index is 162. The van der Waals surface area contributed by atoms with E-state index in [0.29, 0.717) is 0 Å². The van der Waals surface area contributed by atoms with Crippen LogP contribution in [0.15, 0.2) is 10.3 Å². The minimum absolute atomic E-state index is 0.238. The van der Waals surface area contributed by atoms with Gasteiger partial charge in [0.1, 0.15) is 5.71 Å². The third kappa shape index (κ3) is 1.93. The van der Waals surface area contributed by atoms with Crippen LogP contribution in [-0.2, 0) is 0 Å². The molecule has 0 aromatic carbocycles. The van der Waals surface area contributed by atoms with E-state index in [-0.39, 0.29) is 11.5 Å². The molecule has 0 aliphatic rings. The molecule has 2 N–H and O–H groups in total. The molecule has 5 nitrogen and oxygen atoms in total. The number of nitrogens with zero attached hydrogens (tertiary/aromatic N) is 3. The van der Waals surface area contributed by atoms with Gasteiger partial charge in [-0.1, -0.05) is 10.3 Å².